The summed E-state index contributed by atoms with van der Waals surface area (Å²) in [5, 5.41) is 12.0. The molecule has 0 saturated carbocycles. The molecule has 0 aliphatic rings. The van der Waals surface area contributed by atoms with Gasteiger partial charge in [-0.25, -0.2) is 4.98 Å². The summed E-state index contributed by atoms with van der Waals surface area (Å²) in [5.74, 6) is 0.163. The van der Waals surface area contributed by atoms with E-state index in [9.17, 15) is 19.7 Å². The van der Waals surface area contributed by atoms with Gasteiger partial charge in [0.15, 0.2) is 0 Å². The Bertz CT molecular complexity index is 1490. The van der Waals surface area contributed by atoms with Gasteiger partial charge in [0.25, 0.3) is 17.2 Å². The maximum atomic E-state index is 13.8. The normalized spacial score (nSPS) is 12.0. The Labute approximate surface area is 209 Å². The van der Waals surface area contributed by atoms with Crippen LogP contribution in [0.3, 0.4) is 0 Å². The molecule has 1 atom stereocenters. The van der Waals surface area contributed by atoms with Gasteiger partial charge in [0.1, 0.15) is 5.82 Å². The molecule has 1 aromatic heterocycles. The highest BCUT2D eigenvalue weighted by Gasteiger charge is 2.29. The van der Waals surface area contributed by atoms with Crippen molar-refractivity contribution in [2.75, 3.05) is 6.54 Å². The number of hydrogen-bond acceptors (Lipinski definition) is 5. The van der Waals surface area contributed by atoms with E-state index in [0.717, 1.165) is 0 Å². The third kappa shape index (κ3) is 4.75. The highest BCUT2D eigenvalue weighted by molar-refractivity contribution is 5.95. The number of nitro groups is 1. The van der Waals surface area contributed by atoms with Crippen LogP contribution in [-0.4, -0.2) is 31.8 Å². The average molecular weight is 485 g/mol. The number of para-hydroxylation sites is 2. The molecule has 1 unspecified atom stereocenters. The van der Waals surface area contributed by atoms with Crippen LogP contribution in [0.5, 0.6) is 0 Å². The second-order valence-electron chi connectivity index (χ2n) is 9.25. The number of aromatic nitrogens is 2. The predicted molar refractivity (Wildman–Crippen MR) is 139 cm³/mol. The van der Waals surface area contributed by atoms with Crippen molar-refractivity contribution in [2.45, 2.75) is 33.7 Å². The van der Waals surface area contributed by atoms with E-state index in [2.05, 4.69) is 0 Å². The summed E-state index contributed by atoms with van der Waals surface area (Å²) in [7, 11) is 0. The molecular formula is C28H28N4O4. The third-order valence-corrected chi connectivity index (χ3v) is 6.13. The van der Waals surface area contributed by atoms with Crippen LogP contribution in [0.15, 0.2) is 77.6 Å². The first-order chi connectivity index (χ1) is 17.2. The molecule has 8 nitrogen and oxygen atoms in total. The van der Waals surface area contributed by atoms with Gasteiger partial charge in [0.05, 0.1) is 27.6 Å². The summed E-state index contributed by atoms with van der Waals surface area (Å²) in [6, 6.07) is 20.2. The molecule has 0 N–H and O–H groups in total. The lowest BCUT2D eigenvalue weighted by Crippen LogP contribution is -2.39. The molecule has 0 aliphatic heterocycles. The number of carbonyl (C=O) groups is 1. The maximum absolute atomic E-state index is 13.8. The minimum Gasteiger partial charge on any atom is -0.328 e. The van der Waals surface area contributed by atoms with E-state index >= 15 is 0 Å². The molecule has 4 rings (SSSR count). The quantitative estimate of drug-likeness (QED) is 0.256. The Balaban J connectivity index is 1.90. The van der Waals surface area contributed by atoms with E-state index < -0.39 is 11.0 Å². The van der Waals surface area contributed by atoms with Crippen molar-refractivity contribution in [3.05, 3.63) is 110 Å². The molecular weight excluding hydrogens is 456 g/mol. The molecule has 4 aromatic rings. The lowest BCUT2D eigenvalue weighted by atomic mass is 10.1. The van der Waals surface area contributed by atoms with Gasteiger partial charge in [0, 0.05) is 23.7 Å². The van der Waals surface area contributed by atoms with Crippen molar-refractivity contribution in [1.29, 1.82) is 0 Å². The zero-order valence-electron chi connectivity index (χ0n) is 20.7. The molecule has 0 fully saturated rings. The summed E-state index contributed by atoms with van der Waals surface area (Å²) < 4.78 is 1.55. The SMILES string of the molecule is Cc1ccc(C(=O)N(CC(C)C)C(C)c2nc3ccccc3c(=O)n2-c2ccccc2)cc1[N+](=O)[O-]. The van der Waals surface area contributed by atoms with Crippen molar-refractivity contribution >= 4 is 22.5 Å². The molecule has 184 valence electrons. The summed E-state index contributed by atoms with van der Waals surface area (Å²) in [6.07, 6.45) is 0. The van der Waals surface area contributed by atoms with E-state index in [1.807, 2.05) is 57.2 Å². The van der Waals surface area contributed by atoms with Crippen LogP contribution in [0.25, 0.3) is 16.6 Å². The summed E-state index contributed by atoms with van der Waals surface area (Å²) in [5.41, 5.74) is 1.55. The van der Waals surface area contributed by atoms with Crippen LogP contribution >= 0.6 is 0 Å². The third-order valence-electron chi connectivity index (χ3n) is 6.13. The van der Waals surface area contributed by atoms with E-state index in [-0.39, 0.29) is 28.6 Å². The fourth-order valence-electron chi connectivity index (χ4n) is 4.31. The van der Waals surface area contributed by atoms with Gasteiger partial charge in [-0.05, 0) is 50.1 Å². The summed E-state index contributed by atoms with van der Waals surface area (Å²) in [6.45, 7) is 7.82. The minimum atomic E-state index is -0.599. The number of nitrogens with zero attached hydrogens (tertiary/aromatic N) is 4. The number of nitro benzene ring substituents is 1. The zero-order valence-corrected chi connectivity index (χ0v) is 20.7. The van der Waals surface area contributed by atoms with Crippen molar-refractivity contribution in [3.63, 3.8) is 0 Å². The zero-order chi connectivity index (χ0) is 26.0. The van der Waals surface area contributed by atoms with E-state index in [1.54, 1.807) is 46.7 Å². The Morgan fingerprint density at radius 3 is 2.36 bits per heavy atom. The number of aryl methyl sites for hydroxylation is 1. The van der Waals surface area contributed by atoms with Crippen molar-refractivity contribution in [3.8, 4) is 5.69 Å². The van der Waals surface area contributed by atoms with Gasteiger partial charge in [-0.3, -0.25) is 24.3 Å². The van der Waals surface area contributed by atoms with Crippen LogP contribution in [0.4, 0.5) is 5.69 Å². The lowest BCUT2D eigenvalue weighted by Gasteiger charge is -2.32. The standard InChI is InChI=1S/C28H28N4O4/c1-18(2)17-30(27(33)21-15-14-19(3)25(16-21)32(35)36)20(4)26-29-24-13-9-8-12-23(24)28(34)31(26)22-10-6-5-7-11-22/h5-16,18,20H,17H2,1-4H3. The van der Waals surface area contributed by atoms with Gasteiger partial charge < -0.3 is 4.90 Å². The van der Waals surface area contributed by atoms with Crippen molar-refractivity contribution < 1.29 is 9.72 Å². The van der Waals surface area contributed by atoms with Crippen molar-refractivity contribution in [2.24, 2.45) is 5.92 Å². The van der Waals surface area contributed by atoms with Crippen LogP contribution in [0.1, 0.15) is 48.6 Å². The highest BCUT2D eigenvalue weighted by Crippen LogP contribution is 2.27. The monoisotopic (exact) mass is 484 g/mol. The summed E-state index contributed by atoms with van der Waals surface area (Å²) in [4.78, 5) is 44.9. The fraction of sp³-hybridized carbons (Fsp3) is 0.250. The lowest BCUT2D eigenvalue weighted by molar-refractivity contribution is -0.385. The molecule has 36 heavy (non-hydrogen) atoms. The second-order valence-corrected chi connectivity index (χ2v) is 9.25. The number of carbonyl (C=O) groups excluding carboxylic acids is 1. The first kappa shape index (κ1) is 24.8. The number of rotatable bonds is 7. The van der Waals surface area contributed by atoms with Crippen LogP contribution in [-0.2, 0) is 0 Å². The molecule has 1 amide bonds. The topological polar surface area (TPSA) is 98.3 Å². The van der Waals surface area contributed by atoms with Gasteiger partial charge in [0.2, 0.25) is 0 Å². The van der Waals surface area contributed by atoms with Crippen LogP contribution in [0, 0.1) is 23.0 Å². The molecule has 0 radical (unpaired) electrons. The average Bonchev–Trinajstić information content (AvgIpc) is 2.87. The Morgan fingerprint density at radius 1 is 1.03 bits per heavy atom. The predicted octanol–water partition coefficient (Wildman–Crippen LogP) is 5.46. The second kappa shape index (κ2) is 10.1. The number of benzene rings is 3. The van der Waals surface area contributed by atoms with Gasteiger partial charge in [-0.2, -0.15) is 0 Å². The van der Waals surface area contributed by atoms with Gasteiger partial charge >= 0.3 is 0 Å². The van der Waals surface area contributed by atoms with Crippen LogP contribution < -0.4 is 5.56 Å². The highest BCUT2D eigenvalue weighted by atomic mass is 16.6. The Hall–Kier alpha value is -4.33. The first-order valence-corrected chi connectivity index (χ1v) is 11.8. The molecule has 0 spiro atoms. The number of amides is 1. The minimum absolute atomic E-state index is 0.106. The molecule has 8 heteroatoms. The molecule has 0 bridgehead atoms. The Kier molecular flexibility index (Phi) is 6.96. The Morgan fingerprint density at radius 2 is 1.69 bits per heavy atom. The summed E-state index contributed by atoms with van der Waals surface area (Å²) >= 11 is 0. The van der Waals surface area contributed by atoms with Gasteiger partial charge in [-0.1, -0.05) is 50.2 Å². The smallest absolute Gasteiger partial charge is 0.273 e. The molecule has 1 heterocycles. The number of hydrogen-bond donors (Lipinski definition) is 0. The van der Waals surface area contributed by atoms with E-state index in [4.69, 9.17) is 4.98 Å². The maximum Gasteiger partial charge on any atom is 0.273 e. The van der Waals surface area contributed by atoms with Gasteiger partial charge in [-0.15, -0.1) is 0 Å². The van der Waals surface area contributed by atoms with E-state index in [0.29, 0.717) is 34.5 Å². The molecule has 0 aliphatic carbocycles. The largest absolute Gasteiger partial charge is 0.328 e. The van der Waals surface area contributed by atoms with E-state index in [1.165, 1.54) is 6.07 Å². The first-order valence-electron chi connectivity index (χ1n) is 11.8. The van der Waals surface area contributed by atoms with Crippen molar-refractivity contribution in [1.82, 2.24) is 14.5 Å². The van der Waals surface area contributed by atoms with Crippen LogP contribution in [0.2, 0.25) is 0 Å². The fourth-order valence-corrected chi connectivity index (χ4v) is 4.31. The number of fused-ring (bicyclic) bond motifs is 1. The molecule has 0 saturated heterocycles. The molecule has 3 aromatic carbocycles.